The fourth-order valence-corrected chi connectivity index (χ4v) is 3.85. The third-order valence-corrected chi connectivity index (χ3v) is 5.68. The largest absolute Gasteiger partial charge is 0.490 e. The van der Waals surface area contributed by atoms with Crippen LogP contribution >= 0.6 is 0 Å². The maximum absolute atomic E-state index is 13.6. The number of carbonyl (C=O) groups excluding carboxylic acids is 1. The topological polar surface area (TPSA) is 38.8 Å². The van der Waals surface area contributed by atoms with Gasteiger partial charge in [-0.2, -0.15) is 0 Å². The average molecular weight is 416 g/mol. The fourth-order valence-electron chi connectivity index (χ4n) is 3.85. The summed E-state index contributed by atoms with van der Waals surface area (Å²) in [6, 6.07) is 26.2. The quantitative estimate of drug-likeness (QED) is 0.511. The smallest absolute Gasteiger partial charge is 0.254 e. The van der Waals surface area contributed by atoms with Crippen LogP contribution in [0.15, 0.2) is 78.9 Å². The van der Waals surface area contributed by atoms with Crippen molar-refractivity contribution in [1.82, 2.24) is 4.90 Å². The molecular weight excluding hydrogens is 386 g/mol. The number of aryl methyl sites for hydroxylation is 1. The van der Waals surface area contributed by atoms with Gasteiger partial charge in [-0.3, -0.25) is 4.79 Å². The molecule has 1 aliphatic heterocycles. The maximum Gasteiger partial charge on any atom is 0.254 e. The Hall–Kier alpha value is -3.27. The molecule has 3 aromatic carbocycles. The second kappa shape index (κ2) is 10.2. The third kappa shape index (κ3) is 5.46. The van der Waals surface area contributed by atoms with Crippen molar-refractivity contribution in [3.8, 4) is 11.5 Å². The molecule has 0 saturated heterocycles. The number of benzene rings is 3. The van der Waals surface area contributed by atoms with Crippen LogP contribution < -0.4 is 9.47 Å². The van der Waals surface area contributed by atoms with Gasteiger partial charge in [0.05, 0.1) is 13.2 Å². The van der Waals surface area contributed by atoms with Gasteiger partial charge in [-0.1, -0.05) is 60.7 Å². The van der Waals surface area contributed by atoms with Gasteiger partial charge in [0, 0.05) is 24.6 Å². The van der Waals surface area contributed by atoms with Gasteiger partial charge in [0.15, 0.2) is 11.5 Å². The summed E-state index contributed by atoms with van der Waals surface area (Å²) in [7, 11) is 0. The zero-order valence-electron chi connectivity index (χ0n) is 18.0. The Morgan fingerprint density at radius 3 is 2.23 bits per heavy atom. The first-order valence-electron chi connectivity index (χ1n) is 11.0. The van der Waals surface area contributed by atoms with Crippen LogP contribution in [0.4, 0.5) is 0 Å². The Morgan fingerprint density at radius 2 is 1.52 bits per heavy atom. The van der Waals surface area contributed by atoms with E-state index in [1.807, 2.05) is 47.4 Å². The van der Waals surface area contributed by atoms with Crippen molar-refractivity contribution in [3.63, 3.8) is 0 Å². The first kappa shape index (κ1) is 21.0. The second-order valence-electron chi connectivity index (χ2n) is 8.00. The van der Waals surface area contributed by atoms with Crippen LogP contribution in [0.5, 0.6) is 11.5 Å². The molecular formula is C27H29NO3. The van der Waals surface area contributed by atoms with Crippen molar-refractivity contribution in [2.24, 2.45) is 0 Å². The zero-order chi connectivity index (χ0) is 21.5. The minimum absolute atomic E-state index is 0.0139. The van der Waals surface area contributed by atoms with E-state index >= 15 is 0 Å². The normalized spacial score (nSPS) is 13.8. The summed E-state index contributed by atoms with van der Waals surface area (Å²) in [6.45, 7) is 3.94. The molecule has 0 saturated carbocycles. The molecule has 0 bridgehead atoms. The predicted octanol–water partition coefficient (Wildman–Crippen LogP) is 5.51. The highest BCUT2D eigenvalue weighted by molar-refractivity contribution is 5.95. The van der Waals surface area contributed by atoms with Crippen molar-refractivity contribution < 1.29 is 14.3 Å². The summed E-state index contributed by atoms with van der Waals surface area (Å²) >= 11 is 0. The minimum Gasteiger partial charge on any atom is -0.490 e. The lowest BCUT2D eigenvalue weighted by molar-refractivity contribution is 0.0667. The first-order valence-corrected chi connectivity index (χ1v) is 11.0. The van der Waals surface area contributed by atoms with Crippen LogP contribution in [0, 0.1) is 0 Å². The van der Waals surface area contributed by atoms with E-state index in [0.717, 1.165) is 24.8 Å². The molecule has 1 amide bonds. The van der Waals surface area contributed by atoms with E-state index in [1.165, 1.54) is 5.56 Å². The number of amides is 1. The maximum atomic E-state index is 13.6. The lowest BCUT2D eigenvalue weighted by Crippen LogP contribution is -2.38. The van der Waals surface area contributed by atoms with E-state index < -0.39 is 0 Å². The Labute approximate surface area is 184 Å². The van der Waals surface area contributed by atoms with Gasteiger partial charge in [0.1, 0.15) is 0 Å². The van der Waals surface area contributed by atoms with Gasteiger partial charge in [-0.15, -0.1) is 0 Å². The van der Waals surface area contributed by atoms with Crippen LogP contribution in [0.3, 0.4) is 0 Å². The van der Waals surface area contributed by atoms with Crippen molar-refractivity contribution in [2.75, 3.05) is 13.2 Å². The molecule has 4 heteroatoms. The molecule has 4 rings (SSSR count). The molecule has 1 heterocycles. The van der Waals surface area contributed by atoms with Crippen LogP contribution in [0.1, 0.15) is 41.3 Å². The molecule has 0 aromatic heterocycles. The number of hydrogen-bond donors (Lipinski definition) is 0. The highest BCUT2D eigenvalue weighted by Crippen LogP contribution is 2.31. The molecule has 0 spiro atoms. The zero-order valence-corrected chi connectivity index (χ0v) is 18.0. The fraction of sp³-hybridized carbons (Fsp3) is 0.296. The Bertz CT molecular complexity index is 988. The second-order valence-corrected chi connectivity index (χ2v) is 8.00. The monoisotopic (exact) mass is 415 g/mol. The lowest BCUT2D eigenvalue weighted by Gasteiger charge is -2.30. The van der Waals surface area contributed by atoms with Crippen molar-refractivity contribution in [3.05, 3.63) is 95.6 Å². The predicted molar refractivity (Wildman–Crippen MR) is 123 cm³/mol. The van der Waals surface area contributed by atoms with Gasteiger partial charge < -0.3 is 14.4 Å². The van der Waals surface area contributed by atoms with E-state index in [9.17, 15) is 4.79 Å². The average Bonchev–Trinajstić information content (AvgIpc) is 3.07. The van der Waals surface area contributed by atoms with E-state index in [2.05, 4.69) is 43.3 Å². The highest BCUT2D eigenvalue weighted by atomic mass is 16.5. The summed E-state index contributed by atoms with van der Waals surface area (Å²) in [5.74, 6) is 1.38. The van der Waals surface area contributed by atoms with Crippen LogP contribution in [0.2, 0.25) is 0 Å². The molecule has 0 aliphatic carbocycles. The lowest BCUT2D eigenvalue weighted by atomic mass is 10.0. The van der Waals surface area contributed by atoms with E-state index in [4.69, 9.17) is 9.47 Å². The summed E-state index contributed by atoms with van der Waals surface area (Å²) in [5.41, 5.74) is 3.04. The van der Waals surface area contributed by atoms with Gasteiger partial charge in [0.25, 0.3) is 5.91 Å². The first-order chi connectivity index (χ1) is 15.2. The highest BCUT2D eigenvalue weighted by Gasteiger charge is 2.23. The molecule has 0 N–H and O–H groups in total. The van der Waals surface area contributed by atoms with Gasteiger partial charge in [0.2, 0.25) is 0 Å². The van der Waals surface area contributed by atoms with Crippen molar-refractivity contribution in [2.45, 2.75) is 38.8 Å². The van der Waals surface area contributed by atoms with Crippen molar-refractivity contribution >= 4 is 5.91 Å². The summed E-state index contributed by atoms with van der Waals surface area (Å²) in [6.07, 6.45) is 2.67. The van der Waals surface area contributed by atoms with Crippen molar-refractivity contribution in [1.29, 1.82) is 0 Å². The molecule has 1 atom stereocenters. The molecule has 0 radical (unpaired) electrons. The van der Waals surface area contributed by atoms with Gasteiger partial charge in [-0.25, -0.2) is 0 Å². The number of ether oxygens (including phenoxy) is 2. The van der Waals surface area contributed by atoms with E-state index in [1.54, 1.807) is 0 Å². The van der Waals surface area contributed by atoms with Crippen LogP contribution in [0.25, 0.3) is 0 Å². The van der Waals surface area contributed by atoms with Crippen LogP contribution in [-0.2, 0) is 13.0 Å². The third-order valence-electron chi connectivity index (χ3n) is 5.68. The number of fused-ring (bicyclic) bond motifs is 1. The molecule has 160 valence electrons. The van der Waals surface area contributed by atoms with Gasteiger partial charge >= 0.3 is 0 Å². The Balaban J connectivity index is 1.55. The summed E-state index contributed by atoms with van der Waals surface area (Å²) in [5, 5.41) is 0. The SMILES string of the molecule is CC(CCc1ccccc1)N(Cc1ccccc1)C(=O)c1ccc2c(c1)OCCCO2. The standard InChI is InChI=1S/C27H29NO3/c1-21(13-14-22-9-4-2-5-10-22)28(20-23-11-6-3-7-12-23)27(29)24-15-16-25-26(19-24)31-18-8-17-30-25/h2-7,9-12,15-16,19,21H,8,13-14,17-18,20H2,1H3. The van der Waals surface area contributed by atoms with Crippen LogP contribution in [-0.4, -0.2) is 30.1 Å². The molecule has 31 heavy (non-hydrogen) atoms. The molecule has 1 aliphatic rings. The summed E-state index contributed by atoms with van der Waals surface area (Å²) in [4.78, 5) is 15.6. The van der Waals surface area contributed by atoms with E-state index in [0.29, 0.717) is 36.8 Å². The number of rotatable bonds is 7. The molecule has 3 aromatic rings. The Morgan fingerprint density at radius 1 is 0.871 bits per heavy atom. The minimum atomic E-state index is 0.0139. The van der Waals surface area contributed by atoms with E-state index in [-0.39, 0.29) is 11.9 Å². The van der Waals surface area contributed by atoms with Gasteiger partial charge in [-0.05, 0) is 49.1 Å². The number of carbonyl (C=O) groups is 1. The molecule has 0 fully saturated rings. The number of nitrogens with zero attached hydrogens (tertiary/aromatic N) is 1. The Kier molecular flexibility index (Phi) is 6.88. The molecule has 4 nitrogen and oxygen atoms in total. The number of hydrogen-bond acceptors (Lipinski definition) is 3. The summed E-state index contributed by atoms with van der Waals surface area (Å²) < 4.78 is 11.5. The molecule has 1 unspecified atom stereocenters.